The molecule has 1 aliphatic rings. The van der Waals surface area contributed by atoms with Crippen LogP contribution in [0, 0.1) is 13.8 Å². The molecule has 3 rings (SSSR count). The lowest BCUT2D eigenvalue weighted by Crippen LogP contribution is -2.44. The Labute approximate surface area is 149 Å². The van der Waals surface area contributed by atoms with Gasteiger partial charge in [-0.25, -0.2) is 4.98 Å². The average molecular weight is 339 g/mol. The smallest absolute Gasteiger partial charge is 0.223 e. The summed E-state index contributed by atoms with van der Waals surface area (Å²) in [6.45, 7) is 5.37. The SMILES string of the molecule is Cc1cccc(CCC(=O)N2CCCC(Oc3ccnc(C)n3)C2)c1. The molecule has 1 fully saturated rings. The molecule has 5 nitrogen and oxygen atoms in total. The van der Waals surface area contributed by atoms with Crippen LogP contribution in [-0.4, -0.2) is 40.0 Å². The van der Waals surface area contributed by atoms with E-state index >= 15 is 0 Å². The first-order valence-electron chi connectivity index (χ1n) is 8.90. The van der Waals surface area contributed by atoms with Gasteiger partial charge in [0.25, 0.3) is 0 Å². The highest BCUT2D eigenvalue weighted by Crippen LogP contribution is 2.18. The Bertz CT molecular complexity index is 732. The number of hydrogen-bond donors (Lipinski definition) is 0. The second-order valence-electron chi connectivity index (χ2n) is 6.65. The van der Waals surface area contributed by atoms with E-state index in [-0.39, 0.29) is 12.0 Å². The summed E-state index contributed by atoms with van der Waals surface area (Å²) in [4.78, 5) is 22.8. The molecule has 2 heterocycles. The molecule has 0 aliphatic carbocycles. The molecule has 2 aromatic rings. The highest BCUT2D eigenvalue weighted by molar-refractivity contribution is 5.76. The second kappa shape index (κ2) is 8.10. The van der Waals surface area contributed by atoms with Crippen molar-refractivity contribution in [1.29, 1.82) is 0 Å². The van der Waals surface area contributed by atoms with Crippen molar-refractivity contribution in [2.24, 2.45) is 0 Å². The highest BCUT2D eigenvalue weighted by Gasteiger charge is 2.25. The predicted molar refractivity (Wildman–Crippen MR) is 96.5 cm³/mol. The van der Waals surface area contributed by atoms with E-state index in [1.165, 1.54) is 11.1 Å². The lowest BCUT2D eigenvalue weighted by atomic mass is 10.0. The fraction of sp³-hybridized carbons (Fsp3) is 0.450. The van der Waals surface area contributed by atoms with Crippen molar-refractivity contribution in [2.45, 2.75) is 45.6 Å². The highest BCUT2D eigenvalue weighted by atomic mass is 16.5. The van der Waals surface area contributed by atoms with E-state index in [0.717, 1.165) is 25.8 Å². The standard InChI is InChI=1S/C20H25N3O2/c1-15-5-3-6-17(13-15)8-9-20(24)23-12-4-7-18(14-23)25-19-10-11-21-16(2)22-19/h3,5-6,10-11,13,18H,4,7-9,12,14H2,1-2H3. The van der Waals surface area contributed by atoms with Crippen molar-refractivity contribution in [3.63, 3.8) is 0 Å². The van der Waals surface area contributed by atoms with E-state index in [1.807, 2.05) is 17.9 Å². The van der Waals surface area contributed by atoms with Crippen LogP contribution in [0.4, 0.5) is 0 Å². The number of piperidine rings is 1. The Hall–Kier alpha value is -2.43. The maximum Gasteiger partial charge on any atom is 0.223 e. The number of nitrogens with zero attached hydrogens (tertiary/aromatic N) is 3. The summed E-state index contributed by atoms with van der Waals surface area (Å²) >= 11 is 0. The van der Waals surface area contributed by atoms with Crippen LogP contribution in [-0.2, 0) is 11.2 Å². The molecule has 0 bridgehead atoms. The first kappa shape index (κ1) is 17.4. The van der Waals surface area contributed by atoms with Crippen molar-refractivity contribution in [3.05, 3.63) is 53.5 Å². The molecule has 0 N–H and O–H groups in total. The van der Waals surface area contributed by atoms with E-state index in [2.05, 4.69) is 35.1 Å². The summed E-state index contributed by atoms with van der Waals surface area (Å²) in [5, 5.41) is 0. The number of hydrogen-bond acceptors (Lipinski definition) is 4. The third-order valence-electron chi connectivity index (χ3n) is 4.48. The van der Waals surface area contributed by atoms with Crippen LogP contribution in [0.25, 0.3) is 0 Å². The van der Waals surface area contributed by atoms with E-state index in [4.69, 9.17) is 4.74 Å². The quantitative estimate of drug-likeness (QED) is 0.840. The predicted octanol–water partition coefficient (Wildman–Crippen LogP) is 3.10. The molecule has 1 aromatic carbocycles. The Morgan fingerprint density at radius 3 is 3.00 bits per heavy atom. The molecular formula is C20H25N3O2. The number of amides is 1. The van der Waals surface area contributed by atoms with Gasteiger partial charge in [-0.05, 0) is 38.7 Å². The zero-order valence-corrected chi connectivity index (χ0v) is 14.9. The zero-order valence-electron chi connectivity index (χ0n) is 14.9. The van der Waals surface area contributed by atoms with Gasteiger partial charge >= 0.3 is 0 Å². The van der Waals surface area contributed by atoms with Crippen molar-refractivity contribution >= 4 is 5.91 Å². The van der Waals surface area contributed by atoms with Gasteiger partial charge in [-0.3, -0.25) is 4.79 Å². The number of carbonyl (C=O) groups excluding carboxylic acids is 1. The zero-order chi connectivity index (χ0) is 17.6. The summed E-state index contributed by atoms with van der Waals surface area (Å²) in [7, 11) is 0. The number of ether oxygens (including phenoxy) is 1. The van der Waals surface area contributed by atoms with Crippen LogP contribution in [0.3, 0.4) is 0 Å². The number of carbonyl (C=O) groups is 1. The molecule has 1 atom stereocenters. The first-order chi connectivity index (χ1) is 12.1. The first-order valence-corrected chi connectivity index (χ1v) is 8.90. The lowest BCUT2D eigenvalue weighted by molar-refractivity contribution is -0.133. The molecule has 0 radical (unpaired) electrons. The van der Waals surface area contributed by atoms with E-state index < -0.39 is 0 Å². The largest absolute Gasteiger partial charge is 0.472 e. The second-order valence-corrected chi connectivity index (χ2v) is 6.65. The molecule has 1 unspecified atom stereocenters. The number of rotatable bonds is 5. The molecule has 1 aliphatic heterocycles. The van der Waals surface area contributed by atoms with Crippen LogP contribution in [0.15, 0.2) is 36.5 Å². The topological polar surface area (TPSA) is 55.3 Å². The minimum atomic E-state index is 0.00553. The van der Waals surface area contributed by atoms with E-state index in [1.54, 1.807) is 12.3 Å². The molecule has 1 amide bonds. The summed E-state index contributed by atoms with van der Waals surface area (Å²) < 4.78 is 5.95. The van der Waals surface area contributed by atoms with Gasteiger partial charge in [-0.2, -0.15) is 4.98 Å². The third kappa shape index (κ3) is 5.02. The Balaban J connectivity index is 1.52. The normalized spacial score (nSPS) is 17.4. The van der Waals surface area contributed by atoms with Crippen molar-refractivity contribution in [3.8, 4) is 5.88 Å². The molecule has 0 spiro atoms. The van der Waals surface area contributed by atoms with Crippen molar-refractivity contribution < 1.29 is 9.53 Å². The average Bonchev–Trinajstić information content (AvgIpc) is 2.60. The summed E-state index contributed by atoms with van der Waals surface area (Å²) in [6, 6.07) is 10.1. The molecule has 132 valence electrons. The van der Waals surface area contributed by atoms with Crippen LogP contribution in [0.2, 0.25) is 0 Å². The molecule has 25 heavy (non-hydrogen) atoms. The molecule has 1 aromatic heterocycles. The van der Waals surface area contributed by atoms with Crippen LogP contribution < -0.4 is 4.74 Å². The Morgan fingerprint density at radius 1 is 1.32 bits per heavy atom. The van der Waals surface area contributed by atoms with Crippen molar-refractivity contribution in [1.82, 2.24) is 14.9 Å². The number of benzene rings is 1. The van der Waals surface area contributed by atoms with Crippen LogP contribution in [0.5, 0.6) is 5.88 Å². The monoisotopic (exact) mass is 339 g/mol. The van der Waals surface area contributed by atoms with Gasteiger partial charge < -0.3 is 9.64 Å². The minimum Gasteiger partial charge on any atom is -0.472 e. The fourth-order valence-electron chi connectivity index (χ4n) is 3.21. The maximum atomic E-state index is 12.6. The van der Waals surface area contributed by atoms with Gasteiger partial charge in [0.05, 0.1) is 6.54 Å². The molecular weight excluding hydrogens is 314 g/mol. The minimum absolute atomic E-state index is 0.00553. The van der Waals surface area contributed by atoms with E-state index in [0.29, 0.717) is 24.7 Å². The third-order valence-corrected chi connectivity index (χ3v) is 4.48. The van der Waals surface area contributed by atoms with Gasteiger partial charge in [0.15, 0.2) is 0 Å². The summed E-state index contributed by atoms with van der Waals surface area (Å²) in [5.74, 6) is 1.49. The van der Waals surface area contributed by atoms with Gasteiger partial charge in [0, 0.05) is 25.2 Å². The van der Waals surface area contributed by atoms with Gasteiger partial charge in [0.2, 0.25) is 11.8 Å². The van der Waals surface area contributed by atoms with Crippen molar-refractivity contribution in [2.75, 3.05) is 13.1 Å². The Morgan fingerprint density at radius 2 is 2.20 bits per heavy atom. The van der Waals surface area contributed by atoms with Crippen LogP contribution in [0.1, 0.15) is 36.2 Å². The Kier molecular flexibility index (Phi) is 5.64. The summed E-state index contributed by atoms with van der Waals surface area (Å²) in [5.41, 5.74) is 2.45. The maximum absolute atomic E-state index is 12.6. The molecule has 0 saturated carbocycles. The van der Waals surface area contributed by atoms with Gasteiger partial charge in [-0.15, -0.1) is 0 Å². The molecule has 1 saturated heterocycles. The van der Waals surface area contributed by atoms with E-state index in [9.17, 15) is 4.79 Å². The number of aromatic nitrogens is 2. The van der Waals surface area contributed by atoms with Gasteiger partial charge in [0.1, 0.15) is 11.9 Å². The van der Waals surface area contributed by atoms with Crippen LogP contribution >= 0.6 is 0 Å². The number of likely N-dealkylation sites (tertiary alicyclic amines) is 1. The van der Waals surface area contributed by atoms with Gasteiger partial charge in [-0.1, -0.05) is 29.8 Å². The summed E-state index contributed by atoms with van der Waals surface area (Å²) in [6.07, 6.45) is 4.95. The number of aryl methyl sites for hydroxylation is 3. The lowest BCUT2D eigenvalue weighted by Gasteiger charge is -2.32. The fourth-order valence-corrected chi connectivity index (χ4v) is 3.21. The molecule has 5 heteroatoms.